The Labute approximate surface area is 119 Å². The van der Waals surface area contributed by atoms with Gasteiger partial charge in [0, 0.05) is 31.2 Å². The molecule has 1 aromatic rings. The fourth-order valence-electron chi connectivity index (χ4n) is 2.39. The number of carbonyl (C=O) groups is 1. The number of hydrogen-bond acceptors (Lipinski definition) is 5. The second-order valence-electron chi connectivity index (χ2n) is 5.28. The van der Waals surface area contributed by atoms with Crippen LogP contribution in [-0.2, 0) is 16.0 Å². The summed E-state index contributed by atoms with van der Waals surface area (Å²) < 4.78 is 10.4. The summed E-state index contributed by atoms with van der Waals surface area (Å²) in [6.07, 6.45) is 0.330. The number of aromatic nitrogens is 1. The molecule has 2 rings (SSSR count). The van der Waals surface area contributed by atoms with Crippen molar-refractivity contribution < 1.29 is 14.1 Å². The summed E-state index contributed by atoms with van der Waals surface area (Å²) in [5.74, 6) is 0.735. The average Bonchev–Trinajstić information content (AvgIpc) is 2.77. The van der Waals surface area contributed by atoms with Crippen LogP contribution in [0.3, 0.4) is 0 Å². The summed E-state index contributed by atoms with van der Waals surface area (Å²) in [7, 11) is 0. The van der Waals surface area contributed by atoms with Gasteiger partial charge in [0.05, 0.1) is 25.3 Å². The highest BCUT2D eigenvalue weighted by Crippen LogP contribution is 2.12. The van der Waals surface area contributed by atoms with E-state index in [0.29, 0.717) is 19.0 Å². The van der Waals surface area contributed by atoms with E-state index in [4.69, 9.17) is 9.26 Å². The van der Waals surface area contributed by atoms with Crippen molar-refractivity contribution in [2.75, 3.05) is 32.8 Å². The van der Waals surface area contributed by atoms with Crippen molar-refractivity contribution in [2.24, 2.45) is 0 Å². The van der Waals surface area contributed by atoms with Gasteiger partial charge in [-0.05, 0) is 20.8 Å². The van der Waals surface area contributed by atoms with Gasteiger partial charge in [-0.1, -0.05) is 5.16 Å². The third-order valence-corrected chi connectivity index (χ3v) is 3.78. The van der Waals surface area contributed by atoms with Crippen LogP contribution in [0.4, 0.5) is 0 Å². The first-order chi connectivity index (χ1) is 9.58. The molecule has 1 saturated heterocycles. The Morgan fingerprint density at radius 1 is 1.40 bits per heavy atom. The number of aryl methyl sites for hydroxylation is 2. The van der Waals surface area contributed by atoms with Gasteiger partial charge >= 0.3 is 0 Å². The van der Waals surface area contributed by atoms with Gasteiger partial charge in [0.1, 0.15) is 5.76 Å². The average molecular weight is 281 g/mol. The van der Waals surface area contributed by atoms with Crippen LogP contribution in [-0.4, -0.2) is 54.9 Å². The molecule has 1 fully saturated rings. The van der Waals surface area contributed by atoms with Gasteiger partial charge in [-0.3, -0.25) is 9.69 Å². The molecule has 1 atom stereocenters. The summed E-state index contributed by atoms with van der Waals surface area (Å²) in [6.45, 7) is 9.88. The Morgan fingerprint density at radius 2 is 2.10 bits per heavy atom. The number of morpholine rings is 1. The number of hydrogen-bond donors (Lipinski definition) is 1. The Bertz CT molecular complexity index is 433. The molecule has 112 valence electrons. The molecule has 0 radical (unpaired) electrons. The van der Waals surface area contributed by atoms with Crippen LogP contribution in [0.15, 0.2) is 4.52 Å². The fourth-order valence-corrected chi connectivity index (χ4v) is 2.39. The third-order valence-electron chi connectivity index (χ3n) is 3.78. The van der Waals surface area contributed by atoms with Crippen molar-refractivity contribution in [3.8, 4) is 0 Å². The molecule has 6 heteroatoms. The van der Waals surface area contributed by atoms with Crippen molar-refractivity contribution in [3.05, 3.63) is 17.0 Å². The monoisotopic (exact) mass is 281 g/mol. The molecule has 0 saturated carbocycles. The number of rotatable bonds is 5. The molecule has 1 aromatic heterocycles. The number of carbonyl (C=O) groups excluding carboxylic acids is 1. The summed E-state index contributed by atoms with van der Waals surface area (Å²) >= 11 is 0. The predicted octanol–water partition coefficient (Wildman–Crippen LogP) is 0.671. The first-order valence-electron chi connectivity index (χ1n) is 7.08. The highest BCUT2D eigenvalue weighted by molar-refractivity contribution is 5.79. The molecule has 0 spiro atoms. The van der Waals surface area contributed by atoms with E-state index < -0.39 is 0 Å². The molecule has 0 bridgehead atoms. The topological polar surface area (TPSA) is 67.6 Å². The second kappa shape index (κ2) is 6.85. The van der Waals surface area contributed by atoms with Gasteiger partial charge in [0.2, 0.25) is 5.91 Å². The van der Waals surface area contributed by atoms with Gasteiger partial charge < -0.3 is 14.6 Å². The van der Waals surface area contributed by atoms with Crippen molar-refractivity contribution in [3.63, 3.8) is 0 Å². The van der Waals surface area contributed by atoms with Crippen molar-refractivity contribution in [1.82, 2.24) is 15.4 Å². The lowest BCUT2D eigenvalue weighted by Gasteiger charge is -2.32. The quantitative estimate of drug-likeness (QED) is 0.859. The van der Waals surface area contributed by atoms with Gasteiger partial charge in [0.15, 0.2) is 0 Å². The summed E-state index contributed by atoms with van der Waals surface area (Å²) in [5.41, 5.74) is 1.68. The minimum Gasteiger partial charge on any atom is -0.379 e. The zero-order valence-electron chi connectivity index (χ0n) is 12.4. The SMILES string of the molecule is Cc1noc(C)c1CC(=O)NC[C@@H](C)N1CCOCC1. The Balaban J connectivity index is 1.77. The number of nitrogens with one attached hydrogen (secondary N) is 1. The van der Waals surface area contributed by atoms with E-state index >= 15 is 0 Å². The molecule has 20 heavy (non-hydrogen) atoms. The van der Waals surface area contributed by atoms with Gasteiger partial charge in [0.25, 0.3) is 0 Å². The molecule has 1 N–H and O–H groups in total. The maximum Gasteiger partial charge on any atom is 0.224 e. The van der Waals surface area contributed by atoms with Crippen LogP contribution < -0.4 is 5.32 Å². The summed E-state index contributed by atoms with van der Waals surface area (Å²) in [4.78, 5) is 14.3. The largest absolute Gasteiger partial charge is 0.379 e. The molecule has 0 unspecified atom stereocenters. The zero-order valence-corrected chi connectivity index (χ0v) is 12.4. The first-order valence-corrected chi connectivity index (χ1v) is 7.08. The molecule has 1 aliphatic heterocycles. The maximum absolute atomic E-state index is 12.0. The fraction of sp³-hybridized carbons (Fsp3) is 0.714. The maximum atomic E-state index is 12.0. The van der Waals surface area contributed by atoms with Crippen LogP contribution in [0.25, 0.3) is 0 Å². The number of amides is 1. The lowest BCUT2D eigenvalue weighted by Crippen LogP contribution is -2.47. The normalized spacial score (nSPS) is 17.9. The Morgan fingerprint density at radius 3 is 2.70 bits per heavy atom. The number of ether oxygens (including phenoxy) is 1. The lowest BCUT2D eigenvalue weighted by molar-refractivity contribution is -0.120. The Hall–Kier alpha value is -1.40. The molecule has 0 aliphatic carbocycles. The van der Waals surface area contributed by atoms with Crippen LogP contribution in [0.2, 0.25) is 0 Å². The van der Waals surface area contributed by atoms with Gasteiger partial charge in [-0.15, -0.1) is 0 Å². The molecule has 6 nitrogen and oxygen atoms in total. The van der Waals surface area contributed by atoms with Crippen LogP contribution in [0.1, 0.15) is 23.9 Å². The number of nitrogens with zero attached hydrogens (tertiary/aromatic N) is 2. The lowest BCUT2D eigenvalue weighted by atomic mass is 10.1. The van der Waals surface area contributed by atoms with E-state index in [1.165, 1.54) is 0 Å². The van der Waals surface area contributed by atoms with Crippen molar-refractivity contribution in [1.29, 1.82) is 0 Å². The highest BCUT2D eigenvalue weighted by atomic mass is 16.5. The second-order valence-corrected chi connectivity index (χ2v) is 5.28. The Kier molecular flexibility index (Phi) is 5.14. The first kappa shape index (κ1) is 15.0. The molecule has 0 aromatic carbocycles. The van der Waals surface area contributed by atoms with Crippen LogP contribution >= 0.6 is 0 Å². The third kappa shape index (κ3) is 3.80. The van der Waals surface area contributed by atoms with Gasteiger partial charge in [-0.2, -0.15) is 0 Å². The summed E-state index contributed by atoms with van der Waals surface area (Å²) in [6, 6.07) is 0.326. The minimum atomic E-state index is 0.0134. The van der Waals surface area contributed by atoms with Crippen LogP contribution in [0.5, 0.6) is 0 Å². The van der Waals surface area contributed by atoms with E-state index in [2.05, 4.69) is 22.3 Å². The van der Waals surface area contributed by atoms with Gasteiger partial charge in [-0.25, -0.2) is 0 Å². The molecule has 2 heterocycles. The molecular weight excluding hydrogens is 258 g/mol. The van der Waals surface area contributed by atoms with E-state index in [1.54, 1.807) is 0 Å². The molecule has 1 aliphatic rings. The van der Waals surface area contributed by atoms with Crippen molar-refractivity contribution in [2.45, 2.75) is 33.2 Å². The predicted molar refractivity (Wildman–Crippen MR) is 74.5 cm³/mol. The summed E-state index contributed by atoms with van der Waals surface area (Å²) in [5, 5.41) is 6.84. The van der Waals surface area contributed by atoms with E-state index in [0.717, 1.165) is 43.3 Å². The minimum absolute atomic E-state index is 0.0134. The standard InChI is InChI=1S/C14H23N3O3/c1-10(17-4-6-19-7-5-17)9-15-14(18)8-13-11(2)16-20-12(13)3/h10H,4-9H2,1-3H3,(H,15,18)/t10-/m1/s1. The molecular formula is C14H23N3O3. The van der Waals surface area contributed by atoms with Crippen LogP contribution in [0, 0.1) is 13.8 Å². The zero-order chi connectivity index (χ0) is 14.5. The van der Waals surface area contributed by atoms with Crippen molar-refractivity contribution >= 4 is 5.91 Å². The van der Waals surface area contributed by atoms with E-state index in [-0.39, 0.29) is 5.91 Å². The van der Waals surface area contributed by atoms with E-state index in [9.17, 15) is 4.79 Å². The smallest absolute Gasteiger partial charge is 0.224 e. The molecule has 1 amide bonds. The highest BCUT2D eigenvalue weighted by Gasteiger charge is 2.18. The van der Waals surface area contributed by atoms with E-state index in [1.807, 2.05) is 13.8 Å².